The molecule has 7 heteroatoms. The van der Waals surface area contributed by atoms with Crippen LogP contribution in [0.4, 0.5) is 5.69 Å². The smallest absolute Gasteiger partial charge is 0.174 e. The monoisotopic (exact) mass is 445 g/mol. The van der Waals surface area contributed by atoms with E-state index in [1.807, 2.05) is 65.6 Å². The molecule has 5 rings (SSSR count). The molecule has 2 N–H and O–H groups in total. The molecule has 1 aliphatic heterocycles. The second-order valence-electron chi connectivity index (χ2n) is 7.08. The summed E-state index contributed by atoms with van der Waals surface area (Å²) in [5.41, 5.74) is 1.75. The molecule has 0 spiro atoms. The molecule has 0 saturated carbocycles. The Labute approximate surface area is 189 Å². The van der Waals surface area contributed by atoms with Crippen molar-refractivity contribution in [2.75, 3.05) is 4.90 Å². The lowest BCUT2D eigenvalue weighted by Crippen LogP contribution is -2.29. The minimum absolute atomic E-state index is 0.178. The van der Waals surface area contributed by atoms with Crippen LogP contribution < -0.4 is 10.2 Å². The number of phenols is 1. The van der Waals surface area contributed by atoms with Crippen LogP contribution in [-0.2, 0) is 0 Å². The van der Waals surface area contributed by atoms with Crippen LogP contribution in [0.15, 0.2) is 106 Å². The first-order valence-electron chi connectivity index (χ1n) is 9.81. The summed E-state index contributed by atoms with van der Waals surface area (Å²) in [6, 6.07) is 26.5. The minimum Gasteiger partial charge on any atom is -0.508 e. The van der Waals surface area contributed by atoms with Gasteiger partial charge >= 0.3 is 0 Å². The van der Waals surface area contributed by atoms with Crippen molar-refractivity contribution in [1.29, 1.82) is 0 Å². The summed E-state index contributed by atoms with van der Waals surface area (Å²) in [6.45, 7) is 0. The number of phenolic OH excluding ortho intramolecular Hbond substituents is 1. The molecule has 4 aromatic rings. The van der Waals surface area contributed by atoms with Crippen molar-refractivity contribution in [3.05, 3.63) is 103 Å². The second-order valence-corrected chi connectivity index (χ2v) is 8.55. The number of aromatic nitrogens is 1. The lowest BCUT2D eigenvalue weighted by Gasteiger charge is -2.26. The first-order valence-corrected chi connectivity index (χ1v) is 11.0. The lowest BCUT2D eigenvalue weighted by molar-refractivity contribution is 0.383. The predicted octanol–water partition coefficient (Wildman–Crippen LogP) is 5.71. The van der Waals surface area contributed by atoms with Crippen molar-refractivity contribution in [2.24, 2.45) is 0 Å². The van der Waals surface area contributed by atoms with Gasteiger partial charge < -0.3 is 19.7 Å². The molecular weight excluding hydrogens is 426 g/mol. The second kappa shape index (κ2) is 8.45. The molecule has 0 unspecified atom stereocenters. The fourth-order valence-electron chi connectivity index (χ4n) is 3.69. The number of benzene rings is 2. The summed E-state index contributed by atoms with van der Waals surface area (Å²) >= 11 is 7.28. The normalized spacial score (nSPS) is 18.2. The van der Waals surface area contributed by atoms with Gasteiger partial charge in [0.2, 0.25) is 0 Å². The van der Waals surface area contributed by atoms with Crippen LogP contribution in [0.1, 0.15) is 23.5 Å². The fourth-order valence-corrected chi connectivity index (χ4v) is 4.83. The van der Waals surface area contributed by atoms with Gasteiger partial charge in [0, 0.05) is 16.8 Å². The summed E-state index contributed by atoms with van der Waals surface area (Å²) in [4.78, 5) is 7.68. The predicted molar refractivity (Wildman–Crippen MR) is 125 cm³/mol. The van der Waals surface area contributed by atoms with E-state index >= 15 is 0 Å². The number of anilines is 1. The molecule has 2 aromatic heterocycles. The quantitative estimate of drug-likeness (QED) is 0.382. The van der Waals surface area contributed by atoms with Crippen LogP contribution in [-0.4, -0.2) is 15.2 Å². The van der Waals surface area contributed by atoms with Crippen LogP contribution in [0.2, 0.25) is 0 Å². The van der Waals surface area contributed by atoms with Crippen molar-refractivity contribution in [1.82, 2.24) is 10.3 Å². The number of thiocarbonyl (C=S) groups is 1. The fraction of sp³-hybridized carbons (Fsp3) is 0.0833. The Bertz CT molecular complexity index is 1180. The van der Waals surface area contributed by atoms with Gasteiger partial charge in [0.25, 0.3) is 0 Å². The summed E-state index contributed by atoms with van der Waals surface area (Å²) < 4.78 is 6.29. The topological polar surface area (TPSA) is 61.5 Å². The number of hydrogen-bond donors (Lipinski definition) is 2. The van der Waals surface area contributed by atoms with Crippen LogP contribution in [0, 0.1) is 0 Å². The number of hydrogen-bond acceptors (Lipinski definition) is 5. The molecule has 3 heterocycles. The highest BCUT2D eigenvalue weighted by molar-refractivity contribution is 7.99. The third-order valence-corrected chi connectivity index (χ3v) is 6.32. The highest BCUT2D eigenvalue weighted by Crippen LogP contribution is 2.43. The van der Waals surface area contributed by atoms with Gasteiger partial charge in [0.1, 0.15) is 17.6 Å². The van der Waals surface area contributed by atoms with Gasteiger partial charge in [-0.25, -0.2) is 0 Å². The Morgan fingerprint density at radius 2 is 1.71 bits per heavy atom. The average Bonchev–Trinajstić information content (AvgIpc) is 3.40. The van der Waals surface area contributed by atoms with Crippen LogP contribution >= 0.6 is 24.0 Å². The molecule has 0 amide bonds. The molecule has 1 saturated heterocycles. The molecule has 1 aliphatic rings. The van der Waals surface area contributed by atoms with Gasteiger partial charge in [0.15, 0.2) is 10.2 Å². The van der Waals surface area contributed by atoms with E-state index in [1.54, 1.807) is 30.1 Å². The first-order chi connectivity index (χ1) is 15.2. The van der Waals surface area contributed by atoms with E-state index in [1.165, 1.54) is 0 Å². The Morgan fingerprint density at radius 1 is 0.935 bits per heavy atom. The number of nitrogens with zero attached hydrogens (tertiary/aromatic N) is 2. The number of nitrogens with one attached hydrogen (secondary N) is 1. The van der Waals surface area contributed by atoms with Crippen LogP contribution in [0.5, 0.6) is 5.75 Å². The Morgan fingerprint density at radius 3 is 2.45 bits per heavy atom. The average molecular weight is 446 g/mol. The third kappa shape index (κ3) is 4.02. The number of aromatic hydroxyl groups is 1. The summed E-state index contributed by atoms with van der Waals surface area (Å²) in [5, 5.41) is 14.5. The largest absolute Gasteiger partial charge is 0.508 e. The zero-order valence-electron chi connectivity index (χ0n) is 16.4. The van der Waals surface area contributed by atoms with E-state index in [2.05, 4.69) is 22.4 Å². The van der Waals surface area contributed by atoms with Gasteiger partial charge in [-0.05, 0) is 72.9 Å². The molecule has 154 valence electrons. The van der Waals surface area contributed by atoms with Crippen molar-refractivity contribution in [3.63, 3.8) is 0 Å². The van der Waals surface area contributed by atoms with Crippen molar-refractivity contribution >= 4 is 34.8 Å². The first kappa shape index (κ1) is 19.7. The van der Waals surface area contributed by atoms with E-state index in [4.69, 9.17) is 16.6 Å². The Balaban J connectivity index is 1.53. The SMILES string of the molecule is Oc1ccc(N2C(=S)N[C@H](c3ccccn3)[C@H]2c2ccc(Sc3ccccc3)o2)cc1. The highest BCUT2D eigenvalue weighted by atomic mass is 32.2. The maximum Gasteiger partial charge on any atom is 0.174 e. The number of pyridine rings is 1. The molecule has 0 radical (unpaired) electrons. The molecule has 31 heavy (non-hydrogen) atoms. The Kier molecular flexibility index (Phi) is 5.36. The van der Waals surface area contributed by atoms with Crippen molar-refractivity contribution in [3.8, 4) is 5.75 Å². The third-order valence-electron chi connectivity index (χ3n) is 5.08. The van der Waals surface area contributed by atoms with E-state index < -0.39 is 0 Å². The zero-order chi connectivity index (χ0) is 21.2. The van der Waals surface area contributed by atoms with Crippen LogP contribution in [0.3, 0.4) is 0 Å². The van der Waals surface area contributed by atoms with Crippen molar-refractivity contribution < 1.29 is 9.52 Å². The number of furan rings is 1. The molecular formula is C24H19N3O2S2. The summed E-state index contributed by atoms with van der Waals surface area (Å²) in [5.74, 6) is 0.994. The van der Waals surface area contributed by atoms with Gasteiger partial charge in [-0.15, -0.1) is 0 Å². The van der Waals surface area contributed by atoms with Gasteiger partial charge in [-0.2, -0.15) is 0 Å². The number of rotatable bonds is 5. The van der Waals surface area contributed by atoms with E-state index in [0.29, 0.717) is 5.11 Å². The molecule has 0 aliphatic carbocycles. The molecule has 1 fully saturated rings. The van der Waals surface area contributed by atoms with Gasteiger partial charge in [-0.1, -0.05) is 36.0 Å². The summed E-state index contributed by atoms with van der Waals surface area (Å²) in [7, 11) is 0. The highest BCUT2D eigenvalue weighted by Gasteiger charge is 2.42. The van der Waals surface area contributed by atoms with Crippen molar-refractivity contribution in [2.45, 2.75) is 22.1 Å². The molecule has 0 bridgehead atoms. The molecule has 2 atom stereocenters. The zero-order valence-corrected chi connectivity index (χ0v) is 18.0. The van der Waals surface area contributed by atoms with Gasteiger partial charge in [-0.3, -0.25) is 4.98 Å². The minimum atomic E-state index is -0.225. The van der Waals surface area contributed by atoms with E-state index in [9.17, 15) is 5.11 Å². The lowest BCUT2D eigenvalue weighted by atomic mass is 10.0. The molecule has 2 aromatic carbocycles. The van der Waals surface area contributed by atoms with Gasteiger partial charge in [0.05, 0.1) is 11.7 Å². The maximum absolute atomic E-state index is 9.72. The summed E-state index contributed by atoms with van der Waals surface area (Å²) in [6.07, 6.45) is 1.78. The molecule has 5 nitrogen and oxygen atoms in total. The Hall–Kier alpha value is -3.29. The maximum atomic E-state index is 9.72. The van der Waals surface area contributed by atoms with Crippen LogP contribution in [0.25, 0.3) is 0 Å². The standard InChI is InChI=1S/C24H19N3O2S2/c28-17-11-9-16(10-12-17)27-23(22(26-24(27)30)19-8-4-5-15-25-19)20-13-14-21(29-20)31-18-6-2-1-3-7-18/h1-15,22-23,28H,(H,26,30)/t22-,23-/m1/s1. The van der Waals surface area contributed by atoms with E-state index in [0.717, 1.165) is 27.1 Å². The van der Waals surface area contributed by atoms with E-state index in [-0.39, 0.29) is 17.8 Å².